The Morgan fingerprint density at radius 3 is 2.58 bits per heavy atom. The summed E-state index contributed by atoms with van der Waals surface area (Å²) in [5, 5.41) is 17.4. The number of hydrogen-bond donors (Lipinski definition) is 2. The van der Waals surface area contributed by atoms with E-state index in [-0.39, 0.29) is 18.9 Å². The molecule has 0 saturated heterocycles. The number of carbonyl (C=O) groups excluding carboxylic acids is 1. The van der Waals surface area contributed by atoms with Crippen LogP contribution in [0.25, 0.3) is 0 Å². The monoisotopic (exact) mass is 330 g/mol. The molecule has 5 nitrogen and oxygen atoms in total. The van der Waals surface area contributed by atoms with Crippen molar-refractivity contribution in [3.05, 3.63) is 53.4 Å². The topological polar surface area (TPSA) is 75.4 Å². The molecule has 0 radical (unpaired) electrons. The summed E-state index contributed by atoms with van der Waals surface area (Å²) in [6, 6.07) is 11.1. The Balaban J connectivity index is 1.89. The van der Waals surface area contributed by atoms with E-state index in [2.05, 4.69) is 24.3 Å². The Kier molecular flexibility index (Phi) is 6.15. The van der Waals surface area contributed by atoms with Gasteiger partial charge in [-0.15, -0.1) is 0 Å². The van der Waals surface area contributed by atoms with Gasteiger partial charge in [0.25, 0.3) is 0 Å². The Hall–Kier alpha value is -2.14. The summed E-state index contributed by atoms with van der Waals surface area (Å²) >= 11 is 0. The molecule has 2 rings (SSSR count). The first kappa shape index (κ1) is 18.2. The lowest BCUT2D eigenvalue weighted by Gasteiger charge is -2.23. The Labute approximate surface area is 143 Å². The zero-order chi connectivity index (χ0) is 17.6. The number of carbonyl (C=O) groups is 1. The molecule has 2 aromatic rings. The van der Waals surface area contributed by atoms with Crippen molar-refractivity contribution >= 4 is 5.91 Å². The highest BCUT2D eigenvalue weighted by Gasteiger charge is 2.26. The lowest BCUT2D eigenvalue weighted by molar-refractivity contribution is -0.126. The van der Waals surface area contributed by atoms with Gasteiger partial charge in [-0.25, -0.2) is 0 Å². The molecule has 1 atom stereocenters. The van der Waals surface area contributed by atoms with Crippen molar-refractivity contribution in [3.8, 4) is 0 Å². The van der Waals surface area contributed by atoms with Gasteiger partial charge >= 0.3 is 0 Å². The third kappa shape index (κ3) is 4.68. The minimum atomic E-state index is -1.20. The van der Waals surface area contributed by atoms with Gasteiger partial charge in [0, 0.05) is 12.0 Å². The van der Waals surface area contributed by atoms with Gasteiger partial charge in [0.2, 0.25) is 5.91 Å². The van der Waals surface area contributed by atoms with E-state index < -0.39 is 5.60 Å². The number of rotatable bonds is 8. The van der Waals surface area contributed by atoms with Crippen LogP contribution in [0.5, 0.6) is 0 Å². The van der Waals surface area contributed by atoms with Crippen molar-refractivity contribution in [2.75, 3.05) is 0 Å². The third-order valence-corrected chi connectivity index (χ3v) is 4.34. The molecule has 0 bridgehead atoms. The molecule has 130 valence electrons. The fraction of sp³-hybridized carbons (Fsp3) is 0.474. The van der Waals surface area contributed by atoms with Crippen molar-refractivity contribution in [1.29, 1.82) is 0 Å². The van der Waals surface area contributed by atoms with E-state index in [0.717, 1.165) is 24.1 Å². The molecular weight excluding hydrogens is 304 g/mol. The molecular formula is C19H26N2O3. The van der Waals surface area contributed by atoms with Crippen LogP contribution in [0.4, 0.5) is 0 Å². The fourth-order valence-corrected chi connectivity index (χ4v) is 2.77. The maximum atomic E-state index is 12.1. The van der Waals surface area contributed by atoms with Gasteiger partial charge in [-0.3, -0.25) is 4.79 Å². The highest BCUT2D eigenvalue weighted by molar-refractivity contribution is 5.77. The van der Waals surface area contributed by atoms with Gasteiger partial charge in [0.15, 0.2) is 5.76 Å². The molecule has 0 saturated carbocycles. The number of aliphatic hydroxyl groups is 1. The smallest absolute Gasteiger partial charge is 0.223 e. The van der Waals surface area contributed by atoms with Crippen LogP contribution in [0.15, 0.2) is 40.9 Å². The number of benzene rings is 1. The molecule has 0 spiro atoms. The van der Waals surface area contributed by atoms with Crippen molar-refractivity contribution in [2.24, 2.45) is 0 Å². The summed E-state index contributed by atoms with van der Waals surface area (Å²) in [4.78, 5) is 12.1. The molecule has 0 aliphatic carbocycles. The van der Waals surface area contributed by atoms with Crippen LogP contribution >= 0.6 is 0 Å². The van der Waals surface area contributed by atoms with Gasteiger partial charge in [-0.05, 0) is 25.3 Å². The Morgan fingerprint density at radius 2 is 1.96 bits per heavy atom. The van der Waals surface area contributed by atoms with Gasteiger partial charge in [-0.2, -0.15) is 0 Å². The van der Waals surface area contributed by atoms with Crippen molar-refractivity contribution in [1.82, 2.24) is 10.5 Å². The molecule has 1 aromatic heterocycles. The van der Waals surface area contributed by atoms with Crippen LogP contribution in [0.1, 0.15) is 63.0 Å². The first-order valence-electron chi connectivity index (χ1n) is 8.46. The summed E-state index contributed by atoms with van der Waals surface area (Å²) < 4.78 is 5.29. The van der Waals surface area contributed by atoms with Gasteiger partial charge in [-0.1, -0.05) is 49.3 Å². The van der Waals surface area contributed by atoms with E-state index in [1.165, 1.54) is 0 Å². The summed E-state index contributed by atoms with van der Waals surface area (Å²) in [7, 11) is 0. The zero-order valence-corrected chi connectivity index (χ0v) is 14.6. The quantitative estimate of drug-likeness (QED) is 0.777. The van der Waals surface area contributed by atoms with Gasteiger partial charge in [0.1, 0.15) is 0 Å². The molecule has 5 heteroatoms. The third-order valence-electron chi connectivity index (χ3n) is 4.34. The van der Waals surface area contributed by atoms with Crippen molar-refractivity contribution in [2.45, 2.75) is 58.1 Å². The summed E-state index contributed by atoms with van der Waals surface area (Å²) in [6.07, 6.45) is 2.01. The second-order valence-corrected chi connectivity index (χ2v) is 6.32. The largest absolute Gasteiger partial charge is 0.385 e. The summed E-state index contributed by atoms with van der Waals surface area (Å²) in [5.41, 5.74) is 0.448. The van der Waals surface area contributed by atoms with Crippen LogP contribution in [0.3, 0.4) is 0 Å². The first-order chi connectivity index (χ1) is 11.5. The fourth-order valence-electron chi connectivity index (χ4n) is 2.77. The lowest BCUT2D eigenvalue weighted by Crippen LogP contribution is -2.32. The molecule has 0 aliphatic heterocycles. The minimum absolute atomic E-state index is 0.00937. The van der Waals surface area contributed by atoms with Crippen LogP contribution in [-0.2, 0) is 16.9 Å². The molecule has 1 amide bonds. The van der Waals surface area contributed by atoms with Crippen molar-refractivity contribution < 1.29 is 14.4 Å². The van der Waals surface area contributed by atoms with Gasteiger partial charge in [0.05, 0.1) is 24.3 Å². The minimum Gasteiger partial charge on any atom is -0.385 e. The molecule has 1 aromatic carbocycles. The maximum absolute atomic E-state index is 12.1. The van der Waals surface area contributed by atoms with E-state index in [1.807, 2.05) is 36.4 Å². The predicted molar refractivity (Wildman–Crippen MR) is 92.3 cm³/mol. The van der Waals surface area contributed by atoms with Gasteiger partial charge < -0.3 is 14.9 Å². The average Bonchev–Trinajstić information content (AvgIpc) is 3.03. The first-order valence-corrected chi connectivity index (χ1v) is 8.46. The normalized spacial score (nSPS) is 13.7. The number of nitrogens with zero attached hydrogens (tertiary/aromatic N) is 1. The predicted octanol–water partition coefficient (Wildman–Crippen LogP) is 3.49. The molecule has 1 unspecified atom stereocenters. The SMILES string of the molecule is CCC(CC)c1cc(CNC(=O)CC(C)(O)c2ccccc2)on1. The highest BCUT2D eigenvalue weighted by Crippen LogP contribution is 2.24. The summed E-state index contributed by atoms with van der Waals surface area (Å²) in [6.45, 7) is 6.16. The van der Waals surface area contributed by atoms with E-state index in [0.29, 0.717) is 11.7 Å². The zero-order valence-electron chi connectivity index (χ0n) is 14.6. The number of nitrogens with one attached hydrogen (secondary N) is 1. The number of hydrogen-bond acceptors (Lipinski definition) is 4. The van der Waals surface area contributed by atoms with Crippen LogP contribution in [0, 0.1) is 0 Å². The summed E-state index contributed by atoms with van der Waals surface area (Å²) in [5.74, 6) is 0.783. The molecule has 1 heterocycles. The second-order valence-electron chi connectivity index (χ2n) is 6.32. The number of aromatic nitrogens is 1. The van der Waals surface area contributed by atoms with Crippen LogP contribution in [-0.4, -0.2) is 16.2 Å². The molecule has 0 aliphatic rings. The van der Waals surface area contributed by atoms with Crippen LogP contribution < -0.4 is 5.32 Å². The van der Waals surface area contributed by atoms with Crippen molar-refractivity contribution in [3.63, 3.8) is 0 Å². The average molecular weight is 330 g/mol. The molecule has 24 heavy (non-hydrogen) atoms. The molecule has 0 fully saturated rings. The number of amides is 1. The molecule has 2 N–H and O–H groups in total. The van der Waals surface area contributed by atoms with E-state index in [9.17, 15) is 9.90 Å². The highest BCUT2D eigenvalue weighted by atomic mass is 16.5. The lowest BCUT2D eigenvalue weighted by atomic mass is 9.92. The van der Waals surface area contributed by atoms with E-state index in [4.69, 9.17) is 4.52 Å². The van der Waals surface area contributed by atoms with E-state index in [1.54, 1.807) is 6.92 Å². The Bertz CT molecular complexity index is 646. The maximum Gasteiger partial charge on any atom is 0.223 e. The Morgan fingerprint density at radius 1 is 1.29 bits per heavy atom. The van der Waals surface area contributed by atoms with Crippen LogP contribution in [0.2, 0.25) is 0 Å². The standard InChI is InChI=1S/C19H26N2O3/c1-4-14(5-2)17-11-16(24-21-17)13-20-18(22)12-19(3,23)15-9-7-6-8-10-15/h6-11,14,23H,4-5,12-13H2,1-3H3,(H,20,22). The van der Waals surface area contributed by atoms with E-state index >= 15 is 0 Å². The second kappa shape index (κ2) is 8.11.